The molecule has 2 rings (SSSR count). The minimum Gasteiger partial charge on any atom is -0.480 e. The van der Waals surface area contributed by atoms with E-state index in [9.17, 15) is 19.8 Å². The number of hydrogen-bond acceptors (Lipinski definition) is 5. The van der Waals surface area contributed by atoms with Crippen molar-refractivity contribution in [3.05, 3.63) is 0 Å². The molecular formula is C17H28N3O5+. The average molecular weight is 354 g/mol. The molecule has 0 saturated carbocycles. The highest BCUT2D eigenvalue weighted by Crippen LogP contribution is 2.26. The molecule has 2 heterocycles. The number of aliphatic hydroxyl groups excluding tert-OH is 1. The molecule has 1 unspecified atom stereocenters. The number of amides is 1. The molecule has 0 radical (unpaired) electrons. The monoisotopic (exact) mass is 354 g/mol. The first-order chi connectivity index (χ1) is 11.9. The number of nitrogens with one attached hydrogen (secondary N) is 1. The molecule has 1 amide bonds. The fourth-order valence-electron chi connectivity index (χ4n) is 3.34. The molecule has 3 N–H and O–H groups in total. The zero-order valence-corrected chi connectivity index (χ0v) is 14.8. The summed E-state index contributed by atoms with van der Waals surface area (Å²) in [5.41, 5.74) is 0. The van der Waals surface area contributed by atoms with Gasteiger partial charge in [-0.25, -0.2) is 9.37 Å². The minimum absolute atomic E-state index is 0.00431. The Balaban J connectivity index is 1.98. The third kappa shape index (κ3) is 5.61. The van der Waals surface area contributed by atoms with Gasteiger partial charge in [0.05, 0.1) is 0 Å². The summed E-state index contributed by atoms with van der Waals surface area (Å²) in [6, 6.07) is -1.28. The Labute approximate surface area is 147 Å². The van der Waals surface area contributed by atoms with E-state index in [4.69, 9.17) is 4.74 Å². The first kappa shape index (κ1) is 19.5. The SMILES string of the molecule is CCCCC[C@H]1O[C@@H](O)C[C@@H]1[N+]1=CC(C[C@H](NC(C)=O)C(=O)O)N=C1. The molecular weight excluding hydrogens is 326 g/mol. The molecule has 2 aliphatic rings. The Morgan fingerprint density at radius 2 is 2.20 bits per heavy atom. The number of hydrogen-bond donors (Lipinski definition) is 3. The quantitative estimate of drug-likeness (QED) is 0.413. The number of nitrogens with zero attached hydrogens (tertiary/aromatic N) is 2. The Kier molecular flexibility index (Phi) is 7.07. The van der Waals surface area contributed by atoms with E-state index in [-0.39, 0.29) is 30.5 Å². The number of aliphatic imine (C=N–C) groups is 1. The van der Waals surface area contributed by atoms with Crippen molar-refractivity contribution < 1.29 is 29.1 Å². The maximum Gasteiger partial charge on any atom is 0.326 e. The molecule has 0 aliphatic carbocycles. The van der Waals surface area contributed by atoms with Crippen LogP contribution < -0.4 is 5.32 Å². The van der Waals surface area contributed by atoms with E-state index in [0.717, 1.165) is 25.7 Å². The normalized spacial score (nSPS) is 29.5. The van der Waals surface area contributed by atoms with E-state index in [1.807, 2.05) is 10.8 Å². The van der Waals surface area contributed by atoms with Gasteiger partial charge in [-0.15, -0.1) is 0 Å². The third-order valence-corrected chi connectivity index (χ3v) is 4.57. The van der Waals surface area contributed by atoms with Crippen molar-refractivity contribution in [3.8, 4) is 0 Å². The number of aliphatic carboxylic acids is 1. The van der Waals surface area contributed by atoms with Gasteiger partial charge in [0, 0.05) is 19.8 Å². The van der Waals surface area contributed by atoms with Crippen LogP contribution in [0.5, 0.6) is 0 Å². The molecule has 8 nitrogen and oxygen atoms in total. The smallest absolute Gasteiger partial charge is 0.326 e. The van der Waals surface area contributed by atoms with Crippen molar-refractivity contribution in [3.63, 3.8) is 0 Å². The predicted molar refractivity (Wildman–Crippen MR) is 91.9 cm³/mol. The van der Waals surface area contributed by atoms with Crippen LogP contribution in [0.4, 0.5) is 0 Å². The van der Waals surface area contributed by atoms with E-state index < -0.39 is 18.3 Å². The van der Waals surface area contributed by atoms with Gasteiger partial charge < -0.3 is 20.3 Å². The van der Waals surface area contributed by atoms with Crippen LogP contribution in [-0.4, -0.2) is 69.7 Å². The van der Waals surface area contributed by atoms with Gasteiger partial charge in [0.2, 0.25) is 5.91 Å². The Hall–Kier alpha value is -1.80. The van der Waals surface area contributed by atoms with Crippen LogP contribution >= 0.6 is 0 Å². The lowest BCUT2D eigenvalue weighted by Gasteiger charge is -2.16. The van der Waals surface area contributed by atoms with Crippen molar-refractivity contribution >= 4 is 24.4 Å². The number of carboxylic acid groups (broad SMARTS) is 1. The Morgan fingerprint density at radius 1 is 1.44 bits per heavy atom. The molecule has 0 spiro atoms. The van der Waals surface area contributed by atoms with E-state index in [2.05, 4.69) is 17.2 Å². The highest BCUT2D eigenvalue weighted by molar-refractivity contribution is 5.83. The fourth-order valence-corrected chi connectivity index (χ4v) is 3.34. The second-order valence-electron chi connectivity index (χ2n) is 6.68. The Morgan fingerprint density at radius 3 is 2.84 bits per heavy atom. The standard InChI is InChI=1S/C17H27N3O5/c1-3-4-5-6-15-14(8-16(22)25-15)20-9-12(18-10-20)7-13(17(23)24)19-11(2)21/h9-10,12-16,22H,3-8H2,1-2H3,(H-,19,21,23,24)/p+1/t12?,13-,14-,15+,16+/m0/s1. The number of unbranched alkanes of at least 4 members (excludes halogenated alkanes) is 2. The zero-order valence-electron chi connectivity index (χ0n) is 14.8. The number of carbonyl (C=O) groups is 2. The summed E-state index contributed by atoms with van der Waals surface area (Å²) in [5, 5.41) is 21.5. The molecule has 0 aromatic rings. The van der Waals surface area contributed by atoms with Crippen molar-refractivity contribution in [1.29, 1.82) is 0 Å². The number of carboxylic acids is 1. The minimum atomic E-state index is -1.07. The summed E-state index contributed by atoms with van der Waals surface area (Å²) in [4.78, 5) is 26.7. The van der Waals surface area contributed by atoms with Crippen LogP contribution in [0.2, 0.25) is 0 Å². The molecule has 0 aromatic carbocycles. The van der Waals surface area contributed by atoms with Gasteiger partial charge in [0.25, 0.3) is 6.34 Å². The largest absolute Gasteiger partial charge is 0.480 e. The van der Waals surface area contributed by atoms with Gasteiger partial charge in [-0.05, 0) is 6.42 Å². The highest BCUT2D eigenvalue weighted by atomic mass is 16.6. The predicted octanol–water partition coefficient (Wildman–Crippen LogP) is 0.516. The van der Waals surface area contributed by atoms with Crippen LogP contribution in [0.3, 0.4) is 0 Å². The number of carbonyl (C=O) groups excluding carboxylic acids is 1. The average Bonchev–Trinajstić information content (AvgIpc) is 3.13. The summed E-state index contributed by atoms with van der Waals surface area (Å²) < 4.78 is 7.54. The van der Waals surface area contributed by atoms with Crippen LogP contribution in [0.25, 0.3) is 0 Å². The molecule has 25 heavy (non-hydrogen) atoms. The fraction of sp³-hybridized carbons (Fsp3) is 0.765. The van der Waals surface area contributed by atoms with Crippen LogP contribution in [0.15, 0.2) is 4.99 Å². The van der Waals surface area contributed by atoms with Crippen molar-refractivity contribution in [2.45, 2.75) is 82.9 Å². The summed E-state index contributed by atoms with van der Waals surface area (Å²) in [5.74, 6) is -1.45. The van der Waals surface area contributed by atoms with Gasteiger partial charge in [0.1, 0.15) is 24.4 Å². The first-order valence-electron chi connectivity index (χ1n) is 8.89. The van der Waals surface area contributed by atoms with Gasteiger partial charge in [-0.2, -0.15) is 0 Å². The van der Waals surface area contributed by atoms with Crippen LogP contribution in [-0.2, 0) is 14.3 Å². The number of aliphatic hydroxyl groups is 1. The van der Waals surface area contributed by atoms with Crippen molar-refractivity contribution in [2.24, 2.45) is 4.99 Å². The summed E-state index contributed by atoms with van der Waals surface area (Å²) in [6.07, 6.45) is 7.56. The lowest BCUT2D eigenvalue weighted by Crippen LogP contribution is -2.42. The maximum absolute atomic E-state index is 11.3. The van der Waals surface area contributed by atoms with E-state index in [1.165, 1.54) is 6.92 Å². The van der Waals surface area contributed by atoms with Gasteiger partial charge in [-0.1, -0.05) is 31.2 Å². The van der Waals surface area contributed by atoms with Crippen molar-refractivity contribution in [2.75, 3.05) is 0 Å². The molecule has 140 valence electrons. The first-order valence-corrected chi connectivity index (χ1v) is 8.89. The van der Waals surface area contributed by atoms with Gasteiger partial charge in [-0.3, -0.25) is 4.79 Å². The molecule has 8 heteroatoms. The molecule has 1 fully saturated rings. The number of rotatable bonds is 9. The molecule has 5 atom stereocenters. The molecule has 0 bridgehead atoms. The lowest BCUT2D eigenvalue weighted by molar-refractivity contribution is -0.445. The summed E-state index contributed by atoms with van der Waals surface area (Å²) >= 11 is 0. The lowest BCUT2D eigenvalue weighted by atomic mass is 10.0. The number of ether oxygens (including phenoxy) is 1. The maximum atomic E-state index is 11.3. The van der Waals surface area contributed by atoms with E-state index >= 15 is 0 Å². The highest BCUT2D eigenvalue weighted by Gasteiger charge is 2.41. The summed E-state index contributed by atoms with van der Waals surface area (Å²) in [7, 11) is 0. The molecule has 2 aliphatic heterocycles. The molecule has 1 saturated heterocycles. The van der Waals surface area contributed by atoms with Gasteiger partial charge >= 0.3 is 5.97 Å². The summed E-state index contributed by atoms with van der Waals surface area (Å²) in [6.45, 7) is 3.43. The van der Waals surface area contributed by atoms with E-state index in [0.29, 0.717) is 6.42 Å². The van der Waals surface area contributed by atoms with Gasteiger partial charge in [0.15, 0.2) is 12.3 Å². The van der Waals surface area contributed by atoms with Crippen molar-refractivity contribution in [1.82, 2.24) is 5.32 Å². The Bertz CT molecular complexity index is 548. The third-order valence-electron chi connectivity index (χ3n) is 4.57. The van der Waals surface area contributed by atoms with Crippen LogP contribution in [0.1, 0.15) is 52.4 Å². The second-order valence-corrected chi connectivity index (χ2v) is 6.68. The topological polar surface area (TPSA) is 111 Å². The molecule has 0 aromatic heterocycles. The zero-order chi connectivity index (χ0) is 18.4. The van der Waals surface area contributed by atoms with E-state index in [1.54, 1.807) is 6.34 Å². The second kappa shape index (κ2) is 9.05. The van der Waals surface area contributed by atoms with Crippen LogP contribution in [0, 0.1) is 0 Å².